The minimum Gasteiger partial charge on any atom is -0.496 e. The molecular weight excluding hydrogens is 450 g/mol. The molecule has 1 heterocycles. The van der Waals surface area contributed by atoms with Gasteiger partial charge in [0.15, 0.2) is 11.5 Å². The molecule has 0 radical (unpaired) electrons. The highest BCUT2D eigenvalue weighted by molar-refractivity contribution is 5.84. The maximum absolute atomic E-state index is 13.9. The summed E-state index contributed by atoms with van der Waals surface area (Å²) in [5.74, 6) is 2.76. The van der Waals surface area contributed by atoms with Crippen LogP contribution in [0, 0.1) is 17.8 Å². The van der Waals surface area contributed by atoms with Gasteiger partial charge in [0, 0.05) is 23.9 Å². The van der Waals surface area contributed by atoms with Crippen LogP contribution < -0.4 is 14.2 Å². The van der Waals surface area contributed by atoms with E-state index in [4.69, 9.17) is 14.2 Å². The molecule has 5 nitrogen and oxygen atoms in total. The lowest BCUT2D eigenvalue weighted by atomic mass is 9.75. The molecule has 0 saturated carbocycles. The van der Waals surface area contributed by atoms with Gasteiger partial charge >= 0.3 is 0 Å². The SMILES string of the molecule is COc1ccc(-c2ccc(OC)c([C@H]3[C@@H]4C=CC[C@H](C)[C@H]4C(=O)N3Cc3ccccc3)c2)cc1OC. The second kappa shape index (κ2) is 10.1. The number of rotatable bonds is 7. The molecule has 1 saturated heterocycles. The van der Waals surface area contributed by atoms with E-state index in [1.54, 1.807) is 21.3 Å². The lowest BCUT2D eigenvalue weighted by Gasteiger charge is -2.31. The van der Waals surface area contributed by atoms with E-state index in [0.717, 1.165) is 34.4 Å². The average molecular weight is 484 g/mol. The molecule has 186 valence electrons. The summed E-state index contributed by atoms with van der Waals surface area (Å²) in [5, 5.41) is 0. The number of amides is 1. The highest BCUT2D eigenvalue weighted by atomic mass is 16.5. The first kappa shape index (κ1) is 24.0. The quantitative estimate of drug-likeness (QED) is 0.371. The second-order valence-electron chi connectivity index (χ2n) is 9.67. The Labute approximate surface area is 213 Å². The molecule has 3 aromatic rings. The average Bonchev–Trinajstić information content (AvgIpc) is 3.20. The zero-order valence-corrected chi connectivity index (χ0v) is 21.3. The van der Waals surface area contributed by atoms with Crippen LogP contribution in [0.15, 0.2) is 78.9 Å². The van der Waals surface area contributed by atoms with Gasteiger partial charge < -0.3 is 19.1 Å². The molecule has 0 unspecified atom stereocenters. The fourth-order valence-corrected chi connectivity index (χ4v) is 5.83. The van der Waals surface area contributed by atoms with E-state index in [0.29, 0.717) is 24.0 Å². The van der Waals surface area contributed by atoms with Crippen LogP contribution in [-0.2, 0) is 11.3 Å². The molecule has 5 rings (SSSR count). The molecule has 1 aliphatic carbocycles. The van der Waals surface area contributed by atoms with Crippen molar-refractivity contribution < 1.29 is 19.0 Å². The first-order valence-corrected chi connectivity index (χ1v) is 12.5. The lowest BCUT2D eigenvalue weighted by molar-refractivity contribution is -0.134. The van der Waals surface area contributed by atoms with Gasteiger partial charge in [-0.05, 0) is 53.3 Å². The van der Waals surface area contributed by atoms with Crippen LogP contribution in [0.2, 0.25) is 0 Å². The summed E-state index contributed by atoms with van der Waals surface area (Å²) in [6.07, 6.45) is 5.42. The van der Waals surface area contributed by atoms with Gasteiger partial charge in [-0.3, -0.25) is 4.79 Å². The van der Waals surface area contributed by atoms with E-state index in [2.05, 4.69) is 48.2 Å². The summed E-state index contributed by atoms with van der Waals surface area (Å²) in [6, 6.07) is 22.3. The third-order valence-electron chi connectivity index (χ3n) is 7.62. The van der Waals surface area contributed by atoms with Crippen LogP contribution in [-0.4, -0.2) is 32.1 Å². The fraction of sp³-hybridized carbons (Fsp3) is 0.323. The molecule has 1 aliphatic heterocycles. The Bertz CT molecular complexity index is 1270. The van der Waals surface area contributed by atoms with Crippen LogP contribution >= 0.6 is 0 Å². The van der Waals surface area contributed by atoms with Crippen molar-refractivity contribution in [3.63, 3.8) is 0 Å². The third kappa shape index (κ3) is 4.23. The van der Waals surface area contributed by atoms with Gasteiger partial charge in [-0.15, -0.1) is 0 Å². The molecule has 0 bridgehead atoms. The molecule has 1 amide bonds. The number of carbonyl (C=O) groups excluding carboxylic acids is 1. The van der Waals surface area contributed by atoms with E-state index in [9.17, 15) is 4.79 Å². The third-order valence-corrected chi connectivity index (χ3v) is 7.62. The van der Waals surface area contributed by atoms with E-state index >= 15 is 0 Å². The first-order valence-electron chi connectivity index (χ1n) is 12.5. The fourth-order valence-electron chi connectivity index (χ4n) is 5.83. The number of hydrogen-bond acceptors (Lipinski definition) is 4. The largest absolute Gasteiger partial charge is 0.496 e. The highest BCUT2D eigenvalue weighted by Crippen LogP contribution is 2.51. The molecule has 4 atom stereocenters. The summed E-state index contributed by atoms with van der Waals surface area (Å²) >= 11 is 0. The van der Waals surface area contributed by atoms with Crippen LogP contribution in [0.1, 0.15) is 30.5 Å². The zero-order chi connectivity index (χ0) is 25.2. The summed E-state index contributed by atoms with van der Waals surface area (Å²) < 4.78 is 16.8. The Morgan fingerprint density at radius 1 is 0.833 bits per heavy atom. The number of carbonyl (C=O) groups is 1. The normalized spacial score (nSPS) is 22.9. The van der Waals surface area contributed by atoms with Crippen molar-refractivity contribution in [2.45, 2.75) is 25.9 Å². The minimum atomic E-state index is -0.114. The van der Waals surface area contributed by atoms with E-state index in [-0.39, 0.29) is 23.8 Å². The Balaban J connectivity index is 1.62. The van der Waals surface area contributed by atoms with Crippen molar-refractivity contribution in [3.8, 4) is 28.4 Å². The molecule has 3 aromatic carbocycles. The van der Waals surface area contributed by atoms with Crippen LogP contribution in [0.3, 0.4) is 0 Å². The number of fused-ring (bicyclic) bond motifs is 1. The van der Waals surface area contributed by atoms with Crippen molar-refractivity contribution in [3.05, 3.63) is 90.0 Å². The van der Waals surface area contributed by atoms with E-state index in [1.165, 1.54) is 0 Å². The van der Waals surface area contributed by atoms with Gasteiger partial charge in [-0.1, -0.05) is 61.5 Å². The maximum Gasteiger partial charge on any atom is 0.227 e. The Morgan fingerprint density at radius 3 is 2.19 bits per heavy atom. The number of ether oxygens (including phenoxy) is 3. The van der Waals surface area contributed by atoms with E-state index < -0.39 is 0 Å². The Morgan fingerprint density at radius 2 is 1.50 bits per heavy atom. The van der Waals surface area contributed by atoms with Gasteiger partial charge in [0.1, 0.15) is 5.75 Å². The van der Waals surface area contributed by atoms with Gasteiger partial charge in [0.2, 0.25) is 5.91 Å². The standard InChI is InChI=1S/C31H33NO4/c1-20-9-8-12-24-29(20)31(33)32(19-21-10-6-5-7-11-21)30(24)25-17-22(13-15-26(25)34-2)23-14-16-27(35-3)28(18-23)36-4/h5-8,10-18,20,24,29-30H,9,19H2,1-4H3/t20-,24+,29+,30+/m0/s1. The van der Waals surface area contributed by atoms with Gasteiger partial charge in [0.25, 0.3) is 0 Å². The molecule has 1 fully saturated rings. The summed E-state index contributed by atoms with van der Waals surface area (Å²) in [5.41, 5.74) is 4.20. The van der Waals surface area contributed by atoms with Gasteiger partial charge in [-0.25, -0.2) is 0 Å². The summed E-state index contributed by atoms with van der Waals surface area (Å²) in [6.45, 7) is 2.76. The Kier molecular flexibility index (Phi) is 6.73. The number of nitrogens with zero attached hydrogens (tertiary/aromatic N) is 1. The Hall–Kier alpha value is -3.73. The molecule has 0 spiro atoms. The second-order valence-corrected chi connectivity index (χ2v) is 9.67. The number of likely N-dealkylation sites (tertiary alicyclic amines) is 1. The number of benzene rings is 3. The van der Waals surface area contributed by atoms with Crippen LogP contribution in [0.5, 0.6) is 17.2 Å². The van der Waals surface area contributed by atoms with Crippen molar-refractivity contribution in [2.75, 3.05) is 21.3 Å². The maximum atomic E-state index is 13.9. The predicted octanol–water partition coefficient (Wildman–Crippen LogP) is 6.29. The number of methoxy groups -OCH3 is 3. The summed E-state index contributed by atoms with van der Waals surface area (Å²) in [4.78, 5) is 15.9. The summed E-state index contributed by atoms with van der Waals surface area (Å²) in [7, 11) is 4.98. The topological polar surface area (TPSA) is 48.0 Å². The number of hydrogen-bond donors (Lipinski definition) is 0. The smallest absolute Gasteiger partial charge is 0.227 e. The molecular formula is C31H33NO4. The first-order chi connectivity index (χ1) is 17.5. The predicted molar refractivity (Wildman–Crippen MR) is 141 cm³/mol. The number of allylic oxidation sites excluding steroid dienone is 1. The molecule has 36 heavy (non-hydrogen) atoms. The van der Waals surface area contributed by atoms with Crippen molar-refractivity contribution >= 4 is 5.91 Å². The van der Waals surface area contributed by atoms with E-state index in [1.807, 2.05) is 42.5 Å². The molecule has 0 aromatic heterocycles. The van der Waals surface area contributed by atoms with Crippen LogP contribution in [0.4, 0.5) is 0 Å². The van der Waals surface area contributed by atoms with Crippen LogP contribution in [0.25, 0.3) is 11.1 Å². The monoisotopic (exact) mass is 483 g/mol. The molecule has 0 N–H and O–H groups in total. The van der Waals surface area contributed by atoms with Crippen molar-refractivity contribution in [1.29, 1.82) is 0 Å². The zero-order valence-electron chi connectivity index (χ0n) is 21.3. The molecule has 2 aliphatic rings. The highest BCUT2D eigenvalue weighted by Gasteiger charge is 2.51. The van der Waals surface area contributed by atoms with Crippen molar-refractivity contribution in [2.24, 2.45) is 17.8 Å². The van der Waals surface area contributed by atoms with Gasteiger partial charge in [-0.2, -0.15) is 0 Å². The lowest BCUT2D eigenvalue weighted by Crippen LogP contribution is -2.30. The van der Waals surface area contributed by atoms with Gasteiger partial charge in [0.05, 0.1) is 27.4 Å². The minimum absolute atomic E-state index is 0.0295. The molecule has 5 heteroatoms. The van der Waals surface area contributed by atoms with Crippen molar-refractivity contribution in [1.82, 2.24) is 4.90 Å².